The number of ether oxygens (including phenoxy) is 1. The molecule has 1 amide bonds. The van der Waals surface area contributed by atoms with Crippen LogP contribution in [0.3, 0.4) is 0 Å². The minimum absolute atomic E-state index is 0.125. The average Bonchev–Trinajstić information content (AvgIpc) is 2.75. The second-order valence-corrected chi connectivity index (χ2v) is 4.78. The molecule has 1 aliphatic heterocycles. The Morgan fingerprint density at radius 2 is 2.24 bits per heavy atom. The molecule has 0 aliphatic carbocycles. The number of nitrogens with one attached hydrogen (secondary N) is 1. The molecule has 0 saturated carbocycles. The maximum Gasteiger partial charge on any atom is 0.282 e. The standard InChI is InChI=1S/C14H19N3O4/c1-2-15-11-4-5-13(17(19)20)12(10-11)14(18)16-6-3-8-21-9-7-16/h4-5,10,15H,2-3,6-9H2,1H3. The summed E-state index contributed by atoms with van der Waals surface area (Å²) in [6.45, 7) is 4.70. The number of nitro benzene ring substituents is 1. The summed E-state index contributed by atoms with van der Waals surface area (Å²) in [4.78, 5) is 24.8. The highest BCUT2D eigenvalue weighted by molar-refractivity contribution is 5.99. The van der Waals surface area contributed by atoms with Gasteiger partial charge in [0.05, 0.1) is 11.5 Å². The molecule has 0 aromatic heterocycles. The predicted octanol–water partition coefficient (Wildman–Crippen LogP) is 1.89. The van der Waals surface area contributed by atoms with Crippen LogP contribution < -0.4 is 5.32 Å². The first kappa shape index (κ1) is 15.2. The first-order valence-corrected chi connectivity index (χ1v) is 7.02. The number of hydrogen-bond donors (Lipinski definition) is 1. The van der Waals surface area contributed by atoms with Gasteiger partial charge < -0.3 is 15.0 Å². The third kappa shape index (κ3) is 3.69. The van der Waals surface area contributed by atoms with E-state index >= 15 is 0 Å². The Kier molecular flexibility index (Phi) is 5.10. The van der Waals surface area contributed by atoms with Crippen molar-refractivity contribution in [2.45, 2.75) is 13.3 Å². The van der Waals surface area contributed by atoms with E-state index in [-0.39, 0.29) is 17.2 Å². The van der Waals surface area contributed by atoms with E-state index in [1.54, 1.807) is 17.0 Å². The Balaban J connectivity index is 2.31. The quantitative estimate of drug-likeness (QED) is 0.677. The minimum Gasteiger partial charge on any atom is -0.385 e. The molecule has 1 saturated heterocycles. The molecule has 1 N–H and O–H groups in total. The summed E-state index contributed by atoms with van der Waals surface area (Å²) < 4.78 is 5.31. The van der Waals surface area contributed by atoms with Crippen LogP contribution in [0.4, 0.5) is 11.4 Å². The van der Waals surface area contributed by atoms with Crippen LogP contribution in [0.1, 0.15) is 23.7 Å². The summed E-state index contributed by atoms with van der Waals surface area (Å²) in [5, 5.41) is 14.2. The lowest BCUT2D eigenvalue weighted by atomic mass is 10.1. The van der Waals surface area contributed by atoms with Crippen molar-refractivity contribution in [1.29, 1.82) is 0 Å². The largest absolute Gasteiger partial charge is 0.385 e. The predicted molar refractivity (Wildman–Crippen MR) is 78.6 cm³/mol. The molecule has 7 heteroatoms. The maximum absolute atomic E-state index is 12.6. The van der Waals surface area contributed by atoms with Crippen LogP contribution in [0, 0.1) is 10.1 Å². The summed E-state index contributed by atoms with van der Waals surface area (Å²) in [7, 11) is 0. The van der Waals surface area contributed by atoms with Gasteiger partial charge in [0.2, 0.25) is 0 Å². The first-order chi connectivity index (χ1) is 10.1. The average molecular weight is 293 g/mol. The van der Waals surface area contributed by atoms with Crippen LogP contribution >= 0.6 is 0 Å². The van der Waals surface area contributed by atoms with Gasteiger partial charge in [-0.05, 0) is 25.5 Å². The molecule has 1 fully saturated rings. The van der Waals surface area contributed by atoms with Crippen molar-refractivity contribution in [3.8, 4) is 0 Å². The first-order valence-electron chi connectivity index (χ1n) is 7.02. The second-order valence-electron chi connectivity index (χ2n) is 4.78. The molecular formula is C14H19N3O4. The zero-order valence-corrected chi connectivity index (χ0v) is 12.0. The third-order valence-corrected chi connectivity index (χ3v) is 3.31. The lowest BCUT2D eigenvalue weighted by Gasteiger charge is -2.20. The number of rotatable bonds is 4. The van der Waals surface area contributed by atoms with Gasteiger partial charge in [-0.2, -0.15) is 0 Å². The van der Waals surface area contributed by atoms with Crippen molar-refractivity contribution in [3.63, 3.8) is 0 Å². The molecule has 0 atom stereocenters. The molecule has 0 bridgehead atoms. The zero-order chi connectivity index (χ0) is 15.2. The van der Waals surface area contributed by atoms with E-state index in [9.17, 15) is 14.9 Å². The van der Waals surface area contributed by atoms with Crippen LogP contribution in [0.5, 0.6) is 0 Å². The lowest BCUT2D eigenvalue weighted by molar-refractivity contribution is -0.385. The van der Waals surface area contributed by atoms with Crippen LogP contribution in [0.15, 0.2) is 18.2 Å². The van der Waals surface area contributed by atoms with E-state index in [1.165, 1.54) is 6.07 Å². The van der Waals surface area contributed by atoms with E-state index in [2.05, 4.69) is 5.32 Å². The van der Waals surface area contributed by atoms with Gasteiger partial charge in [-0.1, -0.05) is 0 Å². The fraction of sp³-hybridized carbons (Fsp3) is 0.500. The highest BCUT2D eigenvalue weighted by atomic mass is 16.6. The third-order valence-electron chi connectivity index (χ3n) is 3.31. The van der Waals surface area contributed by atoms with Gasteiger partial charge >= 0.3 is 0 Å². The SMILES string of the molecule is CCNc1ccc([N+](=O)[O-])c(C(=O)N2CCCOCC2)c1. The summed E-state index contributed by atoms with van der Waals surface area (Å²) >= 11 is 0. The van der Waals surface area contributed by atoms with Crippen LogP contribution in [-0.2, 0) is 4.74 Å². The summed E-state index contributed by atoms with van der Waals surface area (Å²) in [5.74, 6) is -0.313. The summed E-state index contributed by atoms with van der Waals surface area (Å²) in [6.07, 6.45) is 0.742. The topological polar surface area (TPSA) is 84.7 Å². The Labute approximate surface area is 123 Å². The Bertz CT molecular complexity index is 525. The summed E-state index contributed by atoms with van der Waals surface area (Å²) in [5.41, 5.74) is 0.671. The number of anilines is 1. The van der Waals surface area contributed by atoms with Gasteiger partial charge in [-0.3, -0.25) is 14.9 Å². The van der Waals surface area contributed by atoms with E-state index < -0.39 is 4.92 Å². The number of hydrogen-bond acceptors (Lipinski definition) is 5. The van der Waals surface area contributed by atoms with E-state index in [0.29, 0.717) is 38.5 Å². The maximum atomic E-state index is 12.6. The summed E-state index contributed by atoms with van der Waals surface area (Å²) in [6, 6.07) is 4.54. The monoisotopic (exact) mass is 293 g/mol. The van der Waals surface area contributed by atoms with Crippen molar-refractivity contribution in [3.05, 3.63) is 33.9 Å². The normalized spacial score (nSPS) is 15.4. The smallest absolute Gasteiger partial charge is 0.282 e. The number of benzene rings is 1. The molecule has 1 aromatic rings. The van der Waals surface area contributed by atoms with Crippen molar-refractivity contribution >= 4 is 17.3 Å². The molecule has 2 rings (SSSR count). The molecule has 0 radical (unpaired) electrons. The number of carbonyl (C=O) groups excluding carboxylic acids is 1. The highest BCUT2D eigenvalue weighted by Gasteiger charge is 2.25. The lowest BCUT2D eigenvalue weighted by Crippen LogP contribution is -2.33. The van der Waals surface area contributed by atoms with Crippen LogP contribution in [-0.4, -0.2) is 48.6 Å². The Morgan fingerprint density at radius 1 is 1.43 bits per heavy atom. The van der Waals surface area contributed by atoms with E-state index in [1.807, 2.05) is 6.92 Å². The van der Waals surface area contributed by atoms with Gasteiger partial charge in [-0.15, -0.1) is 0 Å². The number of nitro groups is 1. The molecule has 7 nitrogen and oxygen atoms in total. The van der Waals surface area contributed by atoms with E-state index in [4.69, 9.17) is 4.74 Å². The zero-order valence-electron chi connectivity index (χ0n) is 12.0. The molecule has 1 aromatic carbocycles. The van der Waals surface area contributed by atoms with Crippen molar-refractivity contribution in [2.75, 3.05) is 38.2 Å². The van der Waals surface area contributed by atoms with Crippen molar-refractivity contribution in [1.82, 2.24) is 4.90 Å². The number of carbonyl (C=O) groups is 1. The highest BCUT2D eigenvalue weighted by Crippen LogP contribution is 2.24. The Morgan fingerprint density at radius 3 is 2.95 bits per heavy atom. The molecule has 1 aliphatic rings. The van der Waals surface area contributed by atoms with E-state index in [0.717, 1.165) is 6.42 Å². The van der Waals surface area contributed by atoms with Crippen LogP contribution in [0.25, 0.3) is 0 Å². The van der Waals surface area contributed by atoms with Crippen LogP contribution in [0.2, 0.25) is 0 Å². The fourth-order valence-corrected chi connectivity index (χ4v) is 2.30. The molecule has 21 heavy (non-hydrogen) atoms. The van der Waals surface area contributed by atoms with Crippen molar-refractivity contribution in [2.24, 2.45) is 0 Å². The van der Waals surface area contributed by atoms with Gasteiger partial charge in [0.1, 0.15) is 5.56 Å². The fourth-order valence-electron chi connectivity index (χ4n) is 2.30. The molecule has 1 heterocycles. The number of nitrogens with zero attached hydrogens (tertiary/aromatic N) is 2. The number of amides is 1. The molecule has 114 valence electrons. The van der Waals surface area contributed by atoms with Gasteiger partial charge in [0.25, 0.3) is 11.6 Å². The second kappa shape index (κ2) is 7.03. The van der Waals surface area contributed by atoms with Crippen molar-refractivity contribution < 1.29 is 14.5 Å². The van der Waals surface area contributed by atoms with Gasteiger partial charge in [0, 0.05) is 38.0 Å². The minimum atomic E-state index is -0.517. The Hall–Kier alpha value is -2.15. The molecule has 0 spiro atoms. The molecular weight excluding hydrogens is 274 g/mol. The molecule has 0 unspecified atom stereocenters. The van der Waals surface area contributed by atoms with Gasteiger partial charge in [-0.25, -0.2) is 0 Å². The van der Waals surface area contributed by atoms with Gasteiger partial charge in [0.15, 0.2) is 0 Å².